The van der Waals surface area contributed by atoms with Gasteiger partial charge in [0.05, 0.1) is 0 Å². The van der Waals surface area contributed by atoms with Crippen molar-refractivity contribution in [2.75, 3.05) is 25.5 Å². The molecular formula is C12H16N6O. The lowest BCUT2D eigenvalue weighted by molar-refractivity contribution is 0.0954. The van der Waals surface area contributed by atoms with Gasteiger partial charge in [0.1, 0.15) is 18.0 Å². The van der Waals surface area contributed by atoms with Crippen LogP contribution in [0.25, 0.3) is 0 Å². The number of nitrogens with zero attached hydrogens (tertiary/aromatic N) is 4. The molecule has 0 fully saturated rings. The zero-order valence-corrected chi connectivity index (χ0v) is 10.9. The fourth-order valence-electron chi connectivity index (χ4n) is 1.55. The molecule has 7 nitrogen and oxygen atoms in total. The first-order chi connectivity index (χ1) is 9.16. The Bertz CT molecular complexity index is 537. The van der Waals surface area contributed by atoms with Gasteiger partial charge in [-0.1, -0.05) is 0 Å². The predicted molar refractivity (Wildman–Crippen MR) is 71.0 cm³/mol. The van der Waals surface area contributed by atoms with Gasteiger partial charge >= 0.3 is 0 Å². The number of hydrogen-bond donors (Lipinski definition) is 2. The molecule has 0 aliphatic rings. The van der Waals surface area contributed by atoms with Crippen molar-refractivity contribution in [2.24, 2.45) is 0 Å². The Morgan fingerprint density at radius 1 is 1.42 bits per heavy atom. The SMILES string of the molecule is CN(C)c1cc(C(=O)NCCc2ncn[nH]2)ccn1. The Labute approximate surface area is 111 Å². The number of rotatable bonds is 5. The fraction of sp³-hybridized carbons (Fsp3) is 0.333. The Balaban J connectivity index is 1.90. The first kappa shape index (κ1) is 13.0. The number of carbonyl (C=O) groups is 1. The zero-order valence-electron chi connectivity index (χ0n) is 10.9. The van der Waals surface area contributed by atoms with Gasteiger partial charge in [-0.15, -0.1) is 0 Å². The monoisotopic (exact) mass is 260 g/mol. The maximum absolute atomic E-state index is 11.9. The molecular weight excluding hydrogens is 244 g/mol. The van der Waals surface area contributed by atoms with Crippen molar-refractivity contribution in [1.82, 2.24) is 25.5 Å². The molecule has 0 atom stereocenters. The molecule has 1 amide bonds. The second kappa shape index (κ2) is 5.94. The van der Waals surface area contributed by atoms with Crippen LogP contribution in [0.1, 0.15) is 16.2 Å². The summed E-state index contributed by atoms with van der Waals surface area (Å²) < 4.78 is 0. The molecule has 0 bridgehead atoms. The Kier molecular flexibility index (Phi) is 4.07. The van der Waals surface area contributed by atoms with E-state index in [9.17, 15) is 4.79 Å². The normalized spacial score (nSPS) is 10.2. The third-order valence-corrected chi connectivity index (χ3v) is 2.58. The Morgan fingerprint density at radius 2 is 2.26 bits per heavy atom. The van der Waals surface area contributed by atoms with E-state index < -0.39 is 0 Å². The van der Waals surface area contributed by atoms with Crippen LogP contribution in [0.5, 0.6) is 0 Å². The molecule has 7 heteroatoms. The highest BCUT2D eigenvalue weighted by Crippen LogP contribution is 2.09. The minimum Gasteiger partial charge on any atom is -0.363 e. The number of anilines is 1. The van der Waals surface area contributed by atoms with Crippen molar-refractivity contribution < 1.29 is 4.79 Å². The van der Waals surface area contributed by atoms with E-state index >= 15 is 0 Å². The van der Waals surface area contributed by atoms with Crippen LogP contribution < -0.4 is 10.2 Å². The Morgan fingerprint density at radius 3 is 2.95 bits per heavy atom. The van der Waals surface area contributed by atoms with E-state index in [1.807, 2.05) is 19.0 Å². The predicted octanol–water partition coefficient (Wildman–Crippen LogP) is 0.238. The summed E-state index contributed by atoms with van der Waals surface area (Å²) in [5.74, 6) is 1.39. The van der Waals surface area contributed by atoms with Gasteiger partial charge in [0, 0.05) is 38.8 Å². The summed E-state index contributed by atoms with van der Waals surface area (Å²) in [6.45, 7) is 0.508. The van der Waals surface area contributed by atoms with Crippen molar-refractivity contribution in [3.63, 3.8) is 0 Å². The molecule has 0 saturated carbocycles. The molecule has 2 aromatic rings. The molecule has 0 unspecified atom stereocenters. The molecule has 0 aliphatic heterocycles. The largest absolute Gasteiger partial charge is 0.363 e. The highest BCUT2D eigenvalue weighted by atomic mass is 16.1. The number of amides is 1. The molecule has 0 radical (unpaired) electrons. The lowest BCUT2D eigenvalue weighted by Crippen LogP contribution is -2.26. The molecule has 2 heterocycles. The van der Waals surface area contributed by atoms with Crippen LogP contribution >= 0.6 is 0 Å². The van der Waals surface area contributed by atoms with Gasteiger partial charge in [0.15, 0.2) is 0 Å². The van der Waals surface area contributed by atoms with Crippen LogP contribution in [0.4, 0.5) is 5.82 Å². The van der Waals surface area contributed by atoms with Crippen molar-refractivity contribution in [3.05, 3.63) is 36.0 Å². The lowest BCUT2D eigenvalue weighted by atomic mass is 10.2. The smallest absolute Gasteiger partial charge is 0.251 e. The highest BCUT2D eigenvalue weighted by molar-refractivity contribution is 5.94. The zero-order chi connectivity index (χ0) is 13.7. The number of hydrogen-bond acceptors (Lipinski definition) is 5. The van der Waals surface area contributed by atoms with Crippen molar-refractivity contribution >= 4 is 11.7 Å². The van der Waals surface area contributed by atoms with E-state index in [-0.39, 0.29) is 5.91 Å². The standard InChI is InChI=1S/C12H16N6O/c1-18(2)11-7-9(3-5-13-11)12(19)14-6-4-10-15-8-16-17-10/h3,5,7-8H,4,6H2,1-2H3,(H,14,19)(H,15,16,17). The van der Waals surface area contributed by atoms with Gasteiger partial charge in [0.2, 0.25) is 0 Å². The van der Waals surface area contributed by atoms with E-state index in [1.54, 1.807) is 18.3 Å². The molecule has 0 aromatic carbocycles. The van der Waals surface area contributed by atoms with Gasteiger partial charge in [0.25, 0.3) is 5.91 Å². The van der Waals surface area contributed by atoms with Crippen LogP contribution in [0, 0.1) is 0 Å². The van der Waals surface area contributed by atoms with Crippen LogP contribution in [-0.4, -0.2) is 46.7 Å². The number of aromatic amines is 1. The second-order valence-corrected chi connectivity index (χ2v) is 4.24. The number of aromatic nitrogens is 4. The van der Waals surface area contributed by atoms with Crippen molar-refractivity contribution in [1.29, 1.82) is 0 Å². The summed E-state index contributed by atoms with van der Waals surface area (Å²) in [7, 11) is 3.77. The summed E-state index contributed by atoms with van der Waals surface area (Å²) in [5.41, 5.74) is 0.594. The molecule has 0 saturated heterocycles. The maximum atomic E-state index is 11.9. The molecule has 100 valence electrons. The molecule has 19 heavy (non-hydrogen) atoms. The summed E-state index contributed by atoms with van der Waals surface area (Å²) in [4.78, 5) is 22.0. The van der Waals surface area contributed by atoms with Gasteiger partial charge in [-0.25, -0.2) is 9.97 Å². The quantitative estimate of drug-likeness (QED) is 0.804. The van der Waals surface area contributed by atoms with Crippen LogP contribution in [-0.2, 0) is 6.42 Å². The lowest BCUT2D eigenvalue weighted by Gasteiger charge is -2.12. The van der Waals surface area contributed by atoms with E-state index in [1.165, 1.54) is 6.33 Å². The first-order valence-corrected chi connectivity index (χ1v) is 5.92. The number of H-pyrrole nitrogens is 1. The van der Waals surface area contributed by atoms with Crippen LogP contribution in [0.3, 0.4) is 0 Å². The molecule has 2 aromatic heterocycles. The van der Waals surface area contributed by atoms with Gasteiger partial charge < -0.3 is 10.2 Å². The summed E-state index contributed by atoms with van der Waals surface area (Å²) in [5, 5.41) is 9.32. The number of pyridine rings is 1. The fourth-order valence-corrected chi connectivity index (χ4v) is 1.55. The van der Waals surface area contributed by atoms with Gasteiger partial charge in [-0.3, -0.25) is 9.89 Å². The minimum atomic E-state index is -0.120. The third kappa shape index (κ3) is 3.51. The van der Waals surface area contributed by atoms with E-state index in [0.717, 1.165) is 11.6 Å². The average molecular weight is 260 g/mol. The molecule has 2 rings (SSSR count). The van der Waals surface area contributed by atoms with E-state index in [0.29, 0.717) is 18.5 Å². The van der Waals surface area contributed by atoms with E-state index in [2.05, 4.69) is 25.5 Å². The molecule has 0 aliphatic carbocycles. The number of carbonyl (C=O) groups excluding carboxylic acids is 1. The summed E-state index contributed by atoms with van der Waals surface area (Å²) in [6.07, 6.45) is 3.70. The molecule has 0 spiro atoms. The average Bonchev–Trinajstić information content (AvgIpc) is 2.92. The summed E-state index contributed by atoms with van der Waals surface area (Å²) in [6, 6.07) is 3.45. The maximum Gasteiger partial charge on any atom is 0.251 e. The number of nitrogens with one attached hydrogen (secondary N) is 2. The van der Waals surface area contributed by atoms with Crippen molar-refractivity contribution in [2.45, 2.75) is 6.42 Å². The Hall–Kier alpha value is -2.44. The van der Waals surface area contributed by atoms with Gasteiger partial charge in [-0.05, 0) is 12.1 Å². The van der Waals surface area contributed by atoms with E-state index in [4.69, 9.17) is 0 Å². The minimum absolute atomic E-state index is 0.120. The third-order valence-electron chi connectivity index (χ3n) is 2.58. The second-order valence-electron chi connectivity index (χ2n) is 4.24. The summed E-state index contributed by atoms with van der Waals surface area (Å²) >= 11 is 0. The first-order valence-electron chi connectivity index (χ1n) is 5.92. The molecule has 2 N–H and O–H groups in total. The van der Waals surface area contributed by atoms with Gasteiger partial charge in [-0.2, -0.15) is 5.10 Å². The van der Waals surface area contributed by atoms with Crippen molar-refractivity contribution in [3.8, 4) is 0 Å². The van der Waals surface area contributed by atoms with Crippen LogP contribution in [0.15, 0.2) is 24.7 Å². The van der Waals surface area contributed by atoms with Crippen LogP contribution in [0.2, 0.25) is 0 Å². The highest BCUT2D eigenvalue weighted by Gasteiger charge is 2.07. The topological polar surface area (TPSA) is 86.8 Å².